The van der Waals surface area contributed by atoms with E-state index in [1.807, 2.05) is 17.5 Å². The second-order valence-electron chi connectivity index (χ2n) is 6.58. The fourth-order valence-corrected chi connectivity index (χ4v) is 4.17. The van der Waals surface area contributed by atoms with Gasteiger partial charge in [-0.3, -0.25) is 4.79 Å². The quantitative estimate of drug-likeness (QED) is 0.701. The zero-order chi connectivity index (χ0) is 15.9. The second-order valence-corrected chi connectivity index (χ2v) is 7.53. The van der Waals surface area contributed by atoms with E-state index in [4.69, 9.17) is 4.98 Å². The summed E-state index contributed by atoms with van der Waals surface area (Å²) in [6.07, 6.45) is 8.99. The van der Waals surface area contributed by atoms with Gasteiger partial charge in [0.15, 0.2) is 11.4 Å². The molecule has 0 amide bonds. The summed E-state index contributed by atoms with van der Waals surface area (Å²) in [4.78, 5) is 26.5. The Hall–Kier alpha value is -2.01. The van der Waals surface area contributed by atoms with Gasteiger partial charge in [0.2, 0.25) is 0 Å². The molecule has 118 valence electrons. The van der Waals surface area contributed by atoms with Crippen LogP contribution in [0.25, 0.3) is 21.7 Å². The van der Waals surface area contributed by atoms with Crippen molar-refractivity contribution in [2.24, 2.45) is 5.41 Å². The van der Waals surface area contributed by atoms with Crippen LogP contribution in [0.5, 0.6) is 0 Å². The monoisotopic (exact) mass is 325 g/mol. The normalized spacial score (nSPS) is 17.4. The maximum atomic E-state index is 13.1. The predicted octanol–water partition coefficient (Wildman–Crippen LogP) is 4.84. The number of fused-ring (bicyclic) bond motifs is 1. The molecule has 5 heteroatoms. The number of nitrogens with one attached hydrogen (secondary N) is 1. The Balaban J connectivity index is 1.78. The molecule has 0 saturated heterocycles. The topological polar surface area (TPSA) is 58.6 Å². The molecule has 4 rings (SSSR count). The molecule has 1 fully saturated rings. The molecule has 0 aromatic carbocycles. The van der Waals surface area contributed by atoms with Gasteiger partial charge in [-0.25, -0.2) is 9.97 Å². The van der Waals surface area contributed by atoms with Crippen molar-refractivity contribution in [1.82, 2.24) is 15.0 Å². The molecule has 23 heavy (non-hydrogen) atoms. The van der Waals surface area contributed by atoms with E-state index in [0.717, 1.165) is 36.3 Å². The third kappa shape index (κ3) is 2.49. The Labute approximate surface area is 139 Å². The first-order chi connectivity index (χ1) is 11.2. The third-order valence-electron chi connectivity index (χ3n) is 4.90. The van der Waals surface area contributed by atoms with Crippen LogP contribution in [0.4, 0.5) is 0 Å². The van der Waals surface area contributed by atoms with E-state index in [0.29, 0.717) is 16.7 Å². The van der Waals surface area contributed by atoms with Crippen molar-refractivity contribution in [2.45, 2.75) is 39.0 Å². The number of carbonyl (C=O) groups excluding carboxylic acids is 1. The molecule has 3 aromatic rings. The van der Waals surface area contributed by atoms with Crippen LogP contribution in [0.2, 0.25) is 0 Å². The average molecular weight is 325 g/mol. The number of hydrogen-bond donors (Lipinski definition) is 1. The lowest BCUT2D eigenvalue weighted by molar-refractivity contribution is 0.0751. The van der Waals surface area contributed by atoms with Gasteiger partial charge in [-0.05, 0) is 24.3 Å². The van der Waals surface area contributed by atoms with Crippen LogP contribution < -0.4 is 0 Å². The molecule has 0 atom stereocenters. The van der Waals surface area contributed by atoms with Crippen LogP contribution in [0, 0.1) is 5.41 Å². The first kappa shape index (κ1) is 14.6. The number of nitrogens with zero attached hydrogens (tertiary/aromatic N) is 2. The van der Waals surface area contributed by atoms with Crippen molar-refractivity contribution in [3.8, 4) is 10.6 Å². The molecule has 0 bridgehead atoms. The number of hydrogen-bond acceptors (Lipinski definition) is 4. The van der Waals surface area contributed by atoms with Gasteiger partial charge in [0.1, 0.15) is 5.52 Å². The Morgan fingerprint density at radius 3 is 2.87 bits per heavy atom. The van der Waals surface area contributed by atoms with Crippen molar-refractivity contribution in [1.29, 1.82) is 0 Å². The summed E-state index contributed by atoms with van der Waals surface area (Å²) in [6.45, 7) is 2.10. The SMILES string of the molecule is CC1(C(=O)c2c[nH]c3ncc(-c4cccs4)nc23)CCCCC1. The first-order valence-corrected chi connectivity index (χ1v) is 8.98. The van der Waals surface area contributed by atoms with E-state index in [2.05, 4.69) is 16.9 Å². The fourth-order valence-electron chi connectivity index (χ4n) is 3.49. The van der Waals surface area contributed by atoms with Gasteiger partial charge in [0, 0.05) is 11.6 Å². The lowest BCUT2D eigenvalue weighted by Gasteiger charge is -2.31. The van der Waals surface area contributed by atoms with Crippen molar-refractivity contribution in [3.05, 3.63) is 35.5 Å². The summed E-state index contributed by atoms with van der Waals surface area (Å²) in [7, 11) is 0. The number of H-pyrrole nitrogens is 1. The largest absolute Gasteiger partial charge is 0.344 e. The molecular weight excluding hydrogens is 306 g/mol. The van der Waals surface area contributed by atoms with Crippen molar-refractivity contribution in [2.75, 3.05) is 0 Å². The molecule has 1 aliphatic carbocycles. The van der Waals surface area contributed by atoms with Crippen LogP contribution in [0.15, 0.2) is 29.9 Å². The lowest BCUT2D eigenvalue weighted by atomic mass is 9.71. The number of aromatic nitrogens is 3. The molecule has 0 radical (unpaired) electrons. The zero-order valence-corrected chi connectivity index (χ0v) is 13.9. The molecule has 0 spiro atoms. The van der Waals surface area contributed by atoms with Crippen molar-refractivity contribution in [3.63, 3.8) is 0 Å². The average Bonchev–Trinajstić information content (AvgIpc) is 3.24. The number of ketones is 1. The van der Waals surface area contributed by atoms with Gasteiger partial charge in [-0.2, -0.15) is 0 Å². The number of carbonyl (C=O) groups is 1. The Bertz CT molecular complexity index is 844. The number of Topliss-reactive ketones (excluding diaryl/α,β-unsaturated/α-hetero) is 1. The minimum absolute atomic E-state index is 0.209. The summed E-state index contributed by atoms with van der Waals surface area (Å²) in [5, 5.41) is 2.02. The van der Waals surface area contributed by atoms with Crippen molar-refractivity contribution < 1.29 is 4.79 Å². The molecule has 1 aliphatic rings. The summed E-state index contributed by atoms with van der Waals surface area (Å²) < 4.78 is 0. The van der Waals surface area contributed by atoms with Crippen LogP contribution in [-0.4, -0.2) is 20.7 Å². The molecule has 1 N–H and O–H groups in total. The third-order valence-corrected chi connectivity index (χ3v) is 5.80. The Morgan fingerprint density at radius 2 is 2.13 bits per heavy atom. The van der Waals surface area contributed by atoms with Gasteiger partial charge in [0.05, 0.1) is 22.3 Å². The second kappa shape index (κ2) is 5.57. The molecule has 1 saturated carbocycles. The van der Waals surface area contributed by atoms with Gasteiger partial charge >= 0.3 is 0 Å². The highest BCUT2D eigenvalue weighted by Crippen LogP contribution is 2.39. The number of rotatable bonds is 3. The lowest BCUT2D eigenvalue weighted by Crippen LogP contribution is -2.30. The predicted molar refractivity (Wildman–Crippen MR) is 92.7 cm³/mol. The number of thiophene rings is 1. The fraction of sp³-hybridized carbons (Fsp3) is 0.389. The van der Waals surface area contributed by atoms with E-state index in [1.54, 1.807) is 23.7 Å². The summed E-state index contributed by atoms with van der Waals surface area (Å²) in [6, 6.07) is 4.02. The summed E-state index contributed by atoms with van der Waals surface area (Å²) >= 11 is 1.63. The van der Waals surface area contributed by atoms with E-state index < -0.39 is 0 Å². The highest BCUT2D eigenvalue weighted by molar-refractivity contribution is 7.13. The number of aromatic amines is 1. The molecular formula is C18H19N3OS. The maximum absolute atomic E-state index is 13.1. The summed E-state index contributed by atoms with van der Waals surface area (Å²) in [5.41, 5.74) is 2.65. The van der Waals surface area contributed by atoms with E-state index >= 15 is 0 Å². The minimum atomic E-state index is -0.256. The van der Waals surface area contributed by atoms with Gasteiger partial charge in [-0.15, -0.1) is 11.3 Å². The molecule has 3 heterocycles. The molecule has 3 aromatic heterocycles. The summed E-state index contributed by atoms with van der Waals surface area (Å²) in [5.74, 6) is 0.209. The van der Waals surface area contributed by atoms with Gasteiger partial charge < -0.3 is 4.98 Å². The minimum Gasteiger partial charge on any atom is -0.344 e. The highest BCUT2D eigenvalue weighted by atomic mass is 32.1. The maximum Gasteiger partial charge on any atom is 0.172 e. The zero-order valence-electron chi connectivity index (χ0n) is 13.1. The van der Waals surface area contributed by atoms with Crippen LogP contribution in [-0.2, 0) is 0 Å². The smallest absolute Gasteiger partial charge is 0.172 e. The van der Waals surface area contributed by atoms with Gasteiger partial charge in [-0.1, -0.05) is 32.3 Å². The van der Waals surface area contributed by atoms with Crippen LogP contribution in [0.1, 0.15) is 49.4 Å². The van der Waals surface area contributed by atoms with Gasteiger partial charge in [0.25, 0.3) is 0 Å². The molecule has 4 nitrogen and oxygen atoms in total. The van der Waals surface area contributed by atoms with Crippen molar-refractivity contribution >= 4 is 28.3 Å². The molecule has 0 unspecified atom stereocenters. The highest BCUT2D eigenvalue weighted by Gasteiger charge is 2.36. The Kier molecular flexibility index (Phi) is 3.53. The van der Waals surface area contributed by atoms with E-state index in [9.17, 15) is 4.79 Å². The van der Waals surface area contributed by atoms with E-state index in [1.165, 1.54) is 6.42 Å². The Morgan fingerprint density at radius 1 is 1.30 bits per heavy atom. The standard InChI is InChI=1S/C18H19N3OS/c1-18(7-3-2-4-8-18)16(22)12-10-19-17-15(12)21-13(11-20-17)14-6-5-9-23-14/h5-6,9-11H,2-4,7-8H2,1H3,(H,19,20). The van der Waals surface area contributed by atoms with E-state index in [-0.39, 0.29) is 11.2 Å². The first-order valence-electron chi connectivity index (χ1n) is 8.10. The van der Waals surface area contributed by atoms with Crippen LogP contribution >= 0.6 is 11.3 Å². The van der Waals surface area contributed by atoms with Crippen LogP contribution in [0.3, 0.4) is 0 Å². The molecule has 0 aliphatic heterocycles.